The lowest BCUT2D eigenvalue weighted by Gasteiger charge is -2.42. The van der Waals surface area contributed by atoms with Crippen LogP contribution in [0, 0.1) is 5.41 Å². The van der Waals surface area contributed by atoms with Gasteiger partial charge in [-0.05, 0) is 44.1 Å². The van der Waals surface area contributed by atoms with E-state index in [1.165, 1.54) is 0 Å². The molecule has 2 aliphatic carbocycles. The minimum Gasteiger partial charge on any atom is -0.354 e. The van der Waals surface area contributed by atoms with E-state index in [1.54, 1.807) is 0 Å². The van der Waals surface area contributed by atoms with Gasteiger partial charge in [-0.25, -0.2) is 0 Å². The fourth-order valence-corrected chi connectivity index (χ4v) is 4.27. The number of benzene rings is 1. The lowest BCUT2D eigenvalue weighted by molar-refractivity contribution is -0.124. The molecular weight excluding hydrogens is 300 g/mol. The zero-order chi connectivity index (χ0) is 16.6. The molecule has 0 aromatic heterocycles. The Kier molecular flexibility index (Phi) is 3.70. The van der Waals surface area contributed by atoms with E-state index in [0.717, 1.165) is 49.8 Å². The average Bonchev–Trinajstić information content (AvgIpc) is 3.43. The number of hydrogen-bond acceptors (Lipinski definition) is 2. The van der Waals surface area contributed by atoms with Crippen LogP contribution in [0.3, 0.4) is 0 Å². The first-order valence-electron chi connectivity index (χ1n) is 8.99. The Labute approximate surface area is 142 Å². The normalized spacial score (nSPS) is 27.5. The molecule has 1 atom stereocenters. The topological polar surface area (TPSA) is 58.2 Å². The second-order valence-corrected chi connectivity index (χ2v) is 7.47. The van der Waals surface area contributed by atoms with Gasteiger partial charge in [-0.1, -0.05) is 36.4 Å². The molecule has 4 heteroatoms. The highest BCUT2D eigenvalue weighted by Gasteiger charge is 2.52. The molecule has 4 nitrogen and oxygen atoms in total. The highest BCUT2D eigenvalue weighted by Crippen LogP contribution is 2.49. The number of piperidine rings is 1. The van der Waals surface area contributed by atoms with Gasteiger partial charge in [0.05, 0.1) is 5.41 Å². The van der Waals surface area contributed by atoms with Crippen molar-refractivity contribution in [2.24, 2.45) is 5.41 Å². The Hall–Kier alpha value is -2.10. The van der Waals surface area contributed by atoms with Crippen molar-refractivity contribution in [1.29, 1.82) is 0 Å². The van der Waals surface area contributed by atoms with Gasteiger partial charge in [0.1, 0.15) is 0 Å². The predicted octanol–water partition coefficient (Wildman–Crippen LogP) is 2.80. The van der Waals surface area contributed by atoms with Crippen LogP contribution in [-0.2, 0) is 15.0 Å². The van der Waals surface area contributed by atoms with Gasteiger partial charge in [-0.15, -0.1) is 0 Å². The molecule has 4 rings (SSSR count). The van der Waals surface area contributed by atoms with Crippen LogP contribution < -0.4 is 10.6 Å². The van der Waals surface area contributed by atoms with E-state index in [0.29, 0.717) is 13.0 Å². The zero-order valence-corrected chi connectivity index (χ0v) is 13.9. The molecule has 126 valence electrons. The number of allylic oxidation sites excluding steroid dienone is 1. The van der Waals surface area contributed by atoms with Crippen LogP contribution in [0.1, 0.15) is 50.5 Å². The number of nitrogens with one attached hydrogen (secondary N) is 2. The maximum atomic E-state index is 12.9. The van der Waals surface area contributed by atoms with E-state index in [1.807, 2.05) is 18.2 Å². The second kappa shape index (κ2) is 5.76. The van der Waals surface area contributed by atoms with Crippen molar-refractivity contribution in [2.45, 2.75) is 50.4 Å². The maximum Gasteiger partial charge on any atom is 0.230 e. The van der Waals surface area contributed by atoms with Crippen molar-refractivity contribution in [2.75, 3.05) is 6.54 Å². The summed E-state index contributed by atoms with van der Waals surface area (Å²) in [7, 11) is 0. The third-order valence-electron chi connectivity index (χ3n) is 5.98. The molecule has 1 aliphatic heterocycles. The molecule has 1 aromatic carbocycles. The average molecular weight is 324 g/mol. The monoisotopic (exact) mass is 324 g/mol. The van der Waals surface area contributed by atoms with Gasteiger partial charge in [0, 0.05) is 24.1 Å². The molecule has 1 unspecified atom stereocenters. The molecule has 0 bridgehead atoms. The van der Waals surface area contributed by atoms with E-state index < -0.39 is 0 Å². The summed E-state index contributed by atoms with van der Waals surface area (Å²) in [6, 6.07) is 10.1. The summed E-state index contributed by atoms with van der Waals surface area (Å²) < 4.78 is 0. The van der Waals surface area contributed by atoms with E-state index in [9.17, 15) is 9.59 Å². The third kappa shape index (κ3) is 2.54. The second-order valence-electron chi connectivity index (χ2n) is 7.47. The maximum absolute atomic E-state index is 12.9. The van der Waals surface area contributed by atoms with Crippen molar-refractivity contribution >= 4 is 11.8 Å². The molecule has 0 radical (unpaired) electrons. The molecule has 24 heavy (non-hydrogen) atoms. The van der Waals surface area contributed by atoms with Gasteiger partial charge >= 0.3 is 0 Å². The predicted molar refractivity (Wildman–Crippen MR) is 92.1 cm³/mol. The van der Waals surface area contributed by atoms with Crippen LogP contribution in [0.25, 0.3) is 0 Å². The molecule has 1 aromatic rings. The van der Waals surface area contributed by atoms with Gasteiger partial charge in [0.2, 0.25) is 11.8 Å². The van der Waals surface area contributed by atoms with Crippen LogP contribution in [0.2, 0.25) is 0 Å². The van der Waals surface area contributed by atoms with Crippen molar-refractivity contribution in [3.05, 3.63) is 47.7 Å². The minimum atomic E-state index is -0.325. The molecule has 2 N–H and O–H groups in total. The van der Waals surface area contributed by atoms with E-state index in [-0.39, 0.29) is 22.6 Å². The summed E-state index contributed by atoms with van der Waals surface area (Å²) in [6.45, 7) is 0.631. The molecule has 1 saturated carbocycles. The number of rotatable bonds is 4. The Morgan fingerprint density at radius 2 is 1.92 bits per heavy atom. The van der Waals surface area contributed by atoms with E-state index in [4.69, 9.17) is 0 Å². The number of hydrogen-bond donors (Lipinski definition) is 2. The van der Waals surface area contributed by atoms with Crippen LogP contribution in [0.4, 0.5) is 0 Å². The fraction of sp³-hybridized carbons (Fsp3) is 0.500. The Bertz CT molecular complexity index is 691. The summed E-state index contributed by atoms with van der Waals surface area (Å²) in [5.74, 6) is 0.248. The summed E-state index contributed by atoms with van der Waals surface area (Å²) >= 11 is 0. The summed E-state index contributed by atoms with van der Waals surface area (Å²) in [6.07, 6.45) is 8.57. The Balaban J connectivity index is 1.48. The number of fused-ring (bicyclic) bond motifs is 1. The summed E-state index contributed by atoms with van der Waals surface area (Å²) in [5.41, 5.74) is 1.76. The number of amides is 2. The molecule has 2 fully saturated rings. The fourth-order valence-electron chi connectivity index (χ4n) is 4.27. The smallest absolute Gasteiger partial charge is 0.230 e. The number of carbonyl (C=O) groups is 2. The largest absolute Gasteiger partial charge is 0.354 e. The van der Waals surface area contributed by atoms with Gasteiger partial charge in [0.15, 0.2) is 0 Å². The van der Waals surface area contributed by atoms with Gasteiger partial charge < -0.3 is 10.6 Å². The SMILES string of the molecule is O=C1CCC2(CNC(=O)C3(c4ccccc4)CC3)CCCC=C2N1. The van der Waals surface area contributed by atoms with Crippen LogP contribution in [-0.4, -0.2) is 18.4 Å². The first kappa shape index (κ1) is 15.4. The quantitative estimate of drug-likeness (QED) is 0.895. The molecule has 2 amide bonds. The summed E-state index contributed by atoms with van der Waals surface area (Å²) in [5, 5.41) is 6.27. The highest BCUT2D eigenvalue weighted by atomic mass is 16.2. The van der Waals surface area contributed by atoms with Crippen LogP contribution in [0.5, 0.6) is 0 Å². The van der Waals surface area contributed by atoms with Crippen LogP contribution >= 0.6 is 0 Å². The van der Waals surface area contributed by atoms with Crippen LogP contribution in [0.15, 0.2) is 42.1 Å². The van der Waals surface area contributed by atoms with Crippen molar-refractivity contribution in [1.82, 2.24) is 10.6 Å². The first-order chi connectivity index (χ1) is 11.6. The number of carbonyl (C=O) groups excluding carboxylic acids is 2. The molecule has 1 heterocycles. The summed E-state index contributed by atoms with van der Waals surface area (Å²) in [4.78, 5) is 24.6. The Morgan fingerprint density at radius 1 is 1.12 bits per heavy atom. The van der Waals surface area contributed by atoms with Gasteiger partial charge in [-0.3, -0.25) is 9.59 Å². The van der Waals surface area contributed by atoms with E-state index >= 15 is 0 Å². The van der Waals surface area contributed by atoms with E-state index in [2.05, 4.69) is 28.8 Å². The van der Waals surface area contributed by atoms with Gasteiger partial charge in [0.25, 0.3) is 0 Å². The minimum absolute atomic E-state index is 0.0748. The third-order valence-corrected chi connectivity index (χ3v) is 5.98. The van der Waals surface area contributed by atoms with Crippen molar-refractivity contribution < 1.29 is 9.59 Å². The molecule has 3 aliphatic rings. The lowest BCUT2D eigenvalue weighted by Crippen LogP contribution is -2.50. The van der Waals surface area contributed by atoms with Gasteiger partial charge in [-0.2, -0.15) is 0 Å². The Morgan fingerprint density at radius 3 is 2.67 bits per heavy atom. The zero-order valence-electron chi connectivity index (χ0n) is 13.9. The first-order valence-corrected chi connectivity index (χ1v) is 8.99. The lowest BCUT2D eigenvalue weighted by atomic mass is 9.70. The van der Waals surface area contributed by atoms with Crippen molar-refractivity contribution in [3.63, 3.8) is 0 Å². The molecule has 0 spiro atoms. The molecule has 1 saturated heterocycles. The van der Waals surface area contributed by atoms with Crippen molar-refractivity contribution in [3.8, 4) is 0 Å². The molecular formula is C20H24N2O2. The standard InChI is InChI=1S/C20H24N2O2/c23-17-9-11-19(10-5-4-8-16(19)22-17)14-21-18(24)20(12-13-20)15-6-2-1-3-7-15/h1-3,6-8H,4-5,9-14H2,(H,21,24)(H,22,23). The highest BCUT2D eigenvalue weighted by molar-refractivity contribution is 5.91.